The largest absolute Gasteiger partial charge is 0.497 e. The molecule has 1 aliphatic heterocycles. The van der Waals surface area contributed by atoms with Crippen molar-refractivity contribution in [3.05, 3.63) is 24.3 Å². The first-order chi connectivity index (χ1) is 8.03. The monoisotopic (exact) mass is 234 g/mol. The Morgan fingerprint density at radius 1 is 1.29 bits per heavy atom. The van der Waals surface area contributed by atoms with Crippen molar-refractivity contribution < 1.29 is 4.74 Å². The molecule has 0 spiro atoms. The van der Waals surface area contributed by atoms with Crippen LogP contribution in [0.5, 0.6) is 5.75 Å². The van der Waals surface area contributed by atoms with E-state index in [-0.39, 0.29) is 11.5 Å². The van der Waals surface area contributed by atoms with Gasteiger partial charge in [-0.25, -0.2) is 0 Å². The lowest BCUT2D eigenvalue weighted by Gasteiger charge is -2.43. The van der Waals surface area contributed by atoms with Crippen LogP contribution in [0, 0.1) is 5.41 Å². The smallest absolute Gasteiger partial charge is 0.119 e. The summed E-state index contributed by atoms with van der Waals surface area (Å²) < 4.78 is 5.17. The number of methoxy groups -OCH3 is 1. The summed E-state index contributed by atoms with van der Waals surface area (Å²) in [4.78, 5) is 2.36. The lowest BCUT2D eigenvalue weighted by atomic mass is 9.78. The molecule has 3 heteroatoms. The van der Waals surface area contributed by atoms with Crippen LogP contribution in [0.25, 0.3) is 0 Å². The highest BCUT2D eigenvalue weighted by atomic mass is 16.5. The summed E-state index contributed by atoms with van der Waals surface area (Å²) in [7, 11) is 1.69. The summed E-state index contributed by atoms with van der Waals surface area (Å²) >= 11 is 0. The minimum Gasteiger partial charge on any atom is -0.497 e. The highest BCUT2D eigenvalue weighted by Gasteiger charge is 2.32. The fraction of sp³-hybridized carbons (Fsp3) is 0.571. The minimum absolute atomic E-state index is 0.235. The lowest BCUT2D eigenvalue weighted by molar-refractivity contribution is 0.235. The van der Waals surface area contributed by atoms with E-state index in [0.29, 0.717) is 0 Å². The van der Waals surface area contributed by atoms with Gasteiger partial charge in [0.1, 0.15) is 5.75 Å². The van der Waals surface area contributed by atoms with Gasteiger partial charge in [-0.1, -0.05) is 13.8 Å². The highest BCUT2D eigenvalue weighted by Crippen LogP contribution is 2.31. The Morgan fingerprint density at radius 2 is 1.94 bits per heavy atom. The molecule has 1 unspecified atom stereocenters. The third-order valence-corrected chi connectivity index (χ3v) is 3.88. The van der Waals surface area contributed by atoms with Crippen molar-refractivity contribution in [1.29, 1.82) is 0 Å². The molecule has 1 heterocycles. The average molecular weight is 234 g/mol. The number of hydrogen-bond acceptors (Lipinski definition) is 3. The molecule has 2 N–H and O–H groups in total. The molecule has 1 atom stereocenters. The number of hydrogen-bond donors (Lipinski definition) is 1. The maximum absolute atomic E-state index is 6.23. The normalized spacial score (nSPS) is 23.5. The Bertz CT molecular complexity index is 372. The van der Waals surface area contributed by atoms with E-state index in [9.17, 15) is 0 Å². The summed E-state index contributed by atoms with van der Waals surface area (Å²) in [6.07, 6.45) is 1.14. The van der Waals surface area contributed by atoms with Crippen LogP contribution in [0.1, 0.15) is 20.3 Å². The summed E-state index contributed by atoms with van der Waals surface area (Å²) in [5, 5.41) is 0. The standard InChI is InChI=1S/C14H22N2O/c1-14(2)8-9-16(10-13(14)15)11-4-6-12(17-3)7-5-11/h4-7,13H,8-10,15H2,1-3H3. The van der Waals surface area contributed by atoms with Gasteiger partial charge in [-0.05, 0) is 36.1 Å². The summed E-state index contributed by atoms with van der Waals surface area (Å²) in [5.74, 6) is 0.899. The Labute approximate surface area is 104 Å². The van der Waals surface area contributed by atoms with Crippen molar-refractivity contribution in [3.8, 4) is 5.75 Å². The first-order valence-corrected chi connectivity index (χ1v) is 6.17. The molecule has 3 nitrogen and oxygen atoms in total. The Kier molecular flexibility index (Phi) is 3.29. The SMILES string of the molecule is COc1ccc(N2CCC(C)(C)C(N)C2)cc1. The van der Waals surface area contributed by atoms with Gasteiger partial charge in [-0.3, -0.25) is 0 Å². The van der Waals surface area contributed by atoms with Crippen LogP contribution in [-0.2, 0) is 0 Å². The predicted molar refractivity (Wildman–Crippen MR) is 71.6 cm³/mol. The van der Waals surface area contributed by atoms with E-state index >= 15 is 0 Å². The molecule has 1 saturated heterocycles. The van der Waals surface area contributed by atoms with Crippen LogP contribution in [0.3, 0.4) is 0 Å². The molecule has 0 amide bonds. The van der Waals surface area contributed by atoms with Gasteiger partial charge >= 0.3 is 0 Å². The molecular formula is C14H22N2O. The van der Waals surface area contributed by atoms with E-state index < -0.39 is 0 Å². The number of nitrogens with zero attached hydrogens (tertiary/aromatic N) is 1. The number of benzene rings is 1. The predicted octanol–water partition coefficient (Wildman–Crippen LogP) is 2.26. The van der Waals surface area contributed by atoms with Crippen LogP contribution in [0.15, 0.2) is 24.3 Å². The van der Waals surface area contributed by atoms with Gasteiger partial charge in [0.15, 0.2) is 0 Å². The molecule has 0 bridgehead atoms. The third kappa shape index (κ3) is 2.55. The van der Waals surface area contributed by atoms with Gasteiger partial charge in [-0.15, -0.1) is 0 Å². The zero-order valence-corrected chi connectivity index (χ0v) is 10.9. The molecule has 1 aromatic carbocycles. The Hall–Kier alpha value is -1.22. The van der Waals surface area contributed by atoms with Crippen molar-refractivity contribution in [1.82, 2.24) is 0 Å². The maximum atomic E-state index is 6.23. The van der Waals surface area contributed by atoms with Crippen LogP contribution in [-0.4, -0.2) is 26.2 Å². The first-order valence-electron chi connectivity index (χ1n) is 6.17. The lowest BCUT2D eigenvalue weighted by Crippen LogP contribution is -2.52. The van der Waals surface area contributed by atoms with Crippen molar-refractivity contribution in [2.45, 2.75) is 26.3 Å². The number of anilines is 1. The zero-order valence-electron chi connectivity index (χ0n) is 10.9. The molecular weight excluding hydrogens is 212 g/mol. The molecule has 0 aromatic heterocycles. The molecule has 1 aliphatic rings. The molecule has 0 aliphatic carbocycles. The Morgan fingerprint density at radius 3 is 2.47 bits per heavy atom. The second kappa shape index (κ2) is 4.57. The van der Waals surface area contributed by atoms with E-state index in [1.165, 1.54) is 5.69 Å². The van der Waals surface area contributed by atoms with E-state index in [1.54, 1.807) is 7.11 Å². The number of rotatable bonds is 2. The molecule has 2 rings (SSSR count). The quantitative estimate of drug-likeness (QED) is 0.853. The van der Waals surface area contributed by atoms with Crippen molar-refractivity contribution in [2.75, 3.05) is 25.1 Å². The van der Waals surface area contributed by atoms with Crippen molar-refractivity contribution in [2.24, 2.45) is 11.1 Å². The van der Waals surface area contributed by atoms with Gasteiger partial charge in [0.2, 0.25) is 0 Å². The first kappa shape index (κ1) is 12.2. The topological polar surface area (TPSA) is 38.5 Å². The van der Waals surface area contributed by atoms with Crippen LogP contribution < -0.4 is 15.4 Å². The molecule has 1 fully saturated rings. The van der Waals surface area contributed by atoms with E-state index in [0.717, 1.165) is 25.3 Å². The number of ether oxygens (including phenoxy) is 1. The average Bonchev–Trinajstić information content (AvgIpc) is 2.33. The van der Waals surface area contributed by atoms with Gasteiger partial charge < -0.3 is 15.4 Å². The van der Waals surface area contributed by atoms with Crippen LogP contribution >= 0.6 is 0 Å². The molecule has 17 heavy (non-hydrogen) atoms. The molecule has 1 aromatic rings. The van der Waals surface area contributed by atoms with Crippen molar-refractivity contribution >= 4 is 5.69 Å². The fourth-order valence-corrected chi connectivity index (χ4v) is 2.21. The summed E-state index contributed by atoms with van der Waals surface area (Å²) in [5.41, 5.74) is 7.72. The van der Waals surface area contributed by atoms with E-state index in [4.69, 9.17) is 10.5 Å². The maximum Gasteiger partial charge on any atom is 0.119 e. The van der Waals surface area contributed by atoms with Gasteiger partial charge in [0, 0.05) is 24.8 Å². The van der Waals surface area contributed by atoms with Gasteiger partial charge in [0.05, 0.1) is 7.11 Å². The highest BCUT2D eigenvalue weighted by molar-refractivity contribution is 5.49. The summed E-state index contributed by atoms with van der Waals surface area (Å²) in [6, 6.07) is 8.44. The second-order valence-electron chi connectivity index (χ2n) is 5.49. The van der Waals surface area contributed by atoms with E-state index in [2.05, 4.69) is 30.9 Å². The summed E-state index contributed by atoms with van der Waals surface area (Å²) in [6.45, 7) is 6.51. The van der Waals surface area contributed by atoms with Crippen LogP contribution in [0.4, 0.5) is 5.69 Å². The van der Waals surface area contributed by atoms with Gasteiger partial charge in [-0.2, -0.15) is 0 Å². The second-order valence-corrected chi connectivity index (χ2v) is 5.49. The molecule has 94 valence electrons. The molecule has 0 radical (unpaired) electrons. The van der Waals surface area contributed by atoms with Crippen LogP contribution in [0.2, 0.25) is 0 Å². The third-order valence-electron chi connectivity index (χ3n) is 3.88. The van der Waals surface area contributed by atoms with E-state index in [1.807, 2.05) is 12.1 Å². The van der Waals surface area contributed by atoms with Gasteiger partial charge in [0.25, 0.3) is 0 Å². The number of piperidine rings is 1. The zero-order chi connectivity index (χ0) is 12.5. The minimum atomic E-state index is 0.235. The Balaban J connectivity index is 2.08. The molecule has 0 saturated carbocycles. The van der Waals surface area contributed by atoms with Crippen molar-refractivity contribution in [3.63, 3.8) is 0 Å². The number of nitrogens with two attached hydrogens (primary N) is 1. The fourth-order valence-electron chi connectivity index (χ4n) is 2.21.